The van der Waals surface area contributed by atoms with Crippen molar-refractivity contribution in [2.24, 2.45) is 0 Å². The van der Waals surface area contributed by atoms with Crippen LogP contribution in [-0.2, 0) is 14.3 Å². The molecule has 1 saturated heterocycles. The summed E-state index contributed by atoms with van der Waals surface area (Å²) in [6.07, 6.45) is 76.9. The second-order valence-electron chi connectivity index (χ2n) is 26.1. The molecule has 0 aromatic heterocycles. The lowest BCUT2D eigenvalue weighted by atomic mass is 9.99. The summed E-state index contributed by atoms with van der Waals surface area (Å²) in [6, 6.07) is -0.719. The standard InChI is InChI=1S/C74H143NO8/c1-3-5-7-9-11-13-15-17-19-21-23-25-27-29-30-31-32-33-34-35-36-37-38-40-42-44-46-48-50-52-54-56-58-60-62-64-70(78)75-67(66-82-74-73(81)72(80)71(79)69(65-76)83-74)68(77)63-61-59-57-55-53-51-49-47-45-43-41-39-28-26-24-22-20-18-16-14-12-10-8-6-4-2/h27,29,31-32,67-69,71-74,76-77,79-81H,3-26,28,30,33-66H2,1-2H3,(H,75,78)/b29-27-,32-31-. The van der Waals surface area contributed by atoms with Gasteiger partial charge in [-0.1, -0.05) is 359 Å². The molecule has 9 nitrogen and oxygen atoms in total. The van der Waals surface area contributed by atoms with Crippen LogP contribution < -0.4 is 5.32 Å². The molecule has 492 valence electrons. The zero-order valence-corrected chi connectivity index (χ0v) is 55.2. The van der Waals surface area contributed by atoms with Crippen molar-refractivity contribution in [3.05, 3.63) is 24.3 Å². The number of rotatable bonds is 66. The van der Waals surface area contributed by atoms with E-state index in [1.54, 1.807) is 0 Å². The van der Waals surface area contributed by atoms with E-state index in [4.69, 9.17) is 9.47 Å². The first-order valence-corrected chi connectivity index (χ1v) is 37.0. The summed E-state index contributed by atoms with van der Waals surface area (Å²) in [5.74, 6) is -0.136. The smallest absolute Gasteiger partial charge is 0.220 e. The lowest BCUT2D eigenvalue weighted by Gasteiger charge is -2.40. The molecule has 0 saturated carbocycles. The second kappa shape index (κ2) is 63.7. The summed E-state index contributed by atoms with van der Waals surface area (Å²) in [5, 5.41) is 55.0. The summed E-state index contributed by atoms with van der Waals surface area (Å²) in [6.45, 7) is 3.90. The Bertz CT molecular complexity index is 1360. The minimum atomic E-state index is -1.55. The van der Waals surface area contributed by atoms with Gasteiger partial charge in [0, 0.05) is 6.42 Å². The first kappa shape index (κ1) is 79.7. The van der Waals surface area contributed by atoms with Crippen LogP contribution in [0.15, 0.2) is 24.3 Å². The highest BCUT2D eigenvalue weighted by Gasteiger charge is 2.44. The van der Waals surface area contributed by atoms with E-state index >= 15 is 0 Å². The Morgan fingerprint density at radius 3 is 1.04 bits per heavy atom. The average molecular weight is 1170 g/mol. The Balaban J connectivity index is 2.07. The van der Waals surface area contributed by atoms with Crippen LogP contribution in [0.1, 0.15) is 386 Å². The molecular formula is C74H143NO8. The number of ether oxygens (including phenoxy) is 2. The summed E-state index contributed by atoms with van der Waals surface area (Å²) in [4.78, 5) is 13.2. The van der Waals surface area contributed by atoms with Gasteiger partial charge in [-0.25, -0.2) is 0 Å². The molecule has 1 fully saturated rings. The van der Waals surface area contributed by atoms with Crippen molar-refractivity contribution in [2.45, 2.75) is 429 Å². The molecule has 1 aliphatic rings. The zero-order chi connectivity index (χ0) is 60.0. The lowest BCUT2D eigenvalue weighted by molar-refractivity contribution is -0.302. The van der Waals surface area contributed by atoms with Gasteiger partial charge in [-0.05, 0) is 44.9 Å². The number of unbranched alkanes of at least 4 members (excludes halogenated alkanes) is 52. The molecule has 1 heterocycles. The second-order valence-corrected chi connectivity index (χ2v) is 26.1. The van der Waals surface area contributed by atoms with Gasteiger partial charge >= 0.3 is 0 Å². The Morgan fingerprint density at radius 2 is 0.711 bits per heavy atom. The maximum Gasteiger partial charge on any atom is 0.220 e. The highest BCUT2D eigenvalue weighted by Crippen LogP contribution is 2.24. The van der Waals surface area contributed by atoms with Crippen LogP contribution in [0.5, 0.6) is 0 Å². The van der Waals surface area contributed by atoms with Gasteiger partial charge in [0.2, 0.25) is 5.91 Å². The number of carbonyl (C=O) groups is 1. The fourth-order valence-corrected chi connectivity index (χ4v) is 12.3. The number of carbonyl (C=O) groups excluding carboxylic acids is 1. The van der Waals surface area contributed by atoms with Crippen molar-refractivity contribution in [1.82, 2.24) is 5.32 Å². The van der Waals surface area contributed by atoms with Gasteiger partial charge in [-0.2, -0.15) is 0 Å². The van der Waals surface area contributed by atoms with E-state index in [2.05, 4.69) is 43.5 Å². The number of amides is 1. The molecule has 1 aliphatic heterocycles. The molecule has 0 radical (unpaired) electrons. The van der Waals surface area contributed by atoms with Crippen LogP contribution in [0.25, 0.3) is 0 Å². The number of hydrogen-bond donors (Lipinski definition) is 6. The predicted octanol–water partition coefficient (Wildman–Crippen LogP) is 20.4. The van der Waals surface area contributed by atoms with Gasteiger partial charge in [-0.15, -0.1) is 0 Å². The van der Waals surface area contributed by atoms with E-state index in [9.17, 15) is 30.3 Å². The van der Waals surface area contributed by atoms with E-state index < -0.39 is 49.5 Å². The third kappa shape index (κ3) is 52.3. The van der Waals surface area contributed by atoms with Crippen molar-refractivity contribution in [1.29, 1.82) is 0 Å². The van der Waals surface area contributed by atoms with Gasteiger partial charge in [0.05, 0.1) is 25.4 Å². The minimum absolute atomic E-state index is 0.133. The van der Waals surface area contributed by atoms with Crippen molar-refractivity contribution >= 4 is 5.91 Å². The van der Waals surface area contributed by atoms with Crippen LogP contribution >= 0.6 is 0 Å². The predicted molar refractivity (Wildman–Crippen MR) is 355 cm³/mol. The summed E-state index contributed by atoms with van der Waals surface area (Å²) in [5.41, 5.74) is 0. The maximum atomic E-state index is 13.2. The van der Waals surface area contributed by atoms with Crippen LogP contribution in [0.3, 0.4) is 0 Å². The lowest BCUT2D eigenvalue weighted by Crippen LogP contribution is -2.60. The first-order valence-electron chi connectivity index (χ1n) is 37.0. The average Bonchev–Trinajstić information content (AvgIpc) is 3.60. The van der Waals surface area contributed by atoms with Crippen molar-refractivity contribution in [3.8, 4) is 0 Å². The van der Waals surface area contributed by atoms with E-state index in [0.717, 1.165) is 44.9 Å². The Morgan fingerprint density at radius 1 is 0.410 bits per heavy atom. The summed E-state index contributed by atoms with van der Waals surface area (Å²) in [7, 11) is 0. The van der Waals surface area contributed by atoms with Crippen LogP contribution in [-0.4, -0.2) is 87.5 Å². The van der Waals surface area contributed by atoms with E-state index in [0.29, 0.717) is 12.8 Å². The van der Waals surface area contributed by atoms with Gasteiger partial charge in [0.15, 0.2) is 6.29 Å². The van der Waals surface area contributed by atoms with Crippen molar-refractivity contribution < 1.29 is 39.8 Å². The molecule has 0 spiro atoms. The molecule has 7 unspecified atom stereocenters. The molecule has 1 rings (SSSR count). The Hall–Kier alpha value is -1.33. The SMILES string of the molecule is CCCCCCCCCCCCC/C=C\C/C=C\CCCCCCCCCCCCCCCCCCCC(=O)NC(COC1OC(CO)C(O)C(O)C1O)C(O)CCCCCCCCCCCCCCCCCCCCCCCCCCC. The number of hydrogen-bond acceptors (Lipinski definition) is 8. The molecule has 1 amide bonds. The molecule has 6 N–H and O–H groups in total. The van der Waals surface area contributed by atoms with Crippen molar-refractivity contribution in [2.75, 3.05) is 13.2 Å². The van der Waals surface area contributed by atoms with Gasteiger partial charge in [0.1, 0.15) is 24.4 Å². The van der Waals surface area contributed by atoms with Gasteiger partial charge < -0.3 is 40.3 Å². The van der Waals surface area contributed by atoms with E-state index in [-0.39, 0.29) is 12.5 Å². The Kier molecular flexibility index (Phi) is 61.1. The van der Waals surface area contributed by atoms with Gasteiger partial charge in [0.25, 0.3) is 0 Å². The highest BCUT2D eigenvalue weighted by molar-refractivity contribution is 5.76. The minimum Gasteiger partial charge on any atom is -0.394 e. The summed E-state index contributed by atoms with van der Waals surface area (Å²) < 4.78 is 11.4. The summed E-state index contributed by atoms with van der Waals surface area (Å²) >= 11 is 0. The molecule has 7 atom stereocenters. The molecule has 0 aromatic rings. The number of aliphatic hydroxyl groups excluding tert-OH is 5. The van der Waals surface area contributed by atoms with Crippen molar-refractivity contribution in [3.63, 3.8) is 0 Å². The zero-order valence-electron chi connectivity index (χ0n) is 55.2. The molecule has 83 heavy (non-hydrogen) atoms. The van der Waals surface area contributed by atoms with Gasteiger partial charge in [-0.3, -0.25) is 4.79 Å². The molecule has 9 heteroatoms. The largest absolute Gasteiger partial charge is 0.394 e. The third-order valence-electron chi connectivity index (χ3n) is 18.1. The fourth-order valence-electron chi connectivity index (χ4n) is 12.3. The van der Waals surface area contributed by atoms with E-state index in [1.807, 2.05) is 0 Å². The number of nitrogens with one attached hydrogen (secondary N) is 1. The van der Waals surface area contributed by atoms with Crippen LogP contribution in [0.2, 0.25) is 0 Å². The topological polar surface area (TPSA) is 149 Å². The quantitative estimate of drug-likeness (QED) is 0.0261. The third-order valence-corrected chi connectivity index (χ3v) is 18.1. The monoisotopic (exact) mass is 1170 g/mol. The van der Waals surface area contributed by atoms with Crippen LogP contribution in [0, 0.1) is 0 Å². The molecule has 0 aliphatic carbocycles. The molecule has 0 bridgehead atoms. The maximum absolute atomic E-state index is 13.2. The molecular weight excluding hydrogens is 1030 g/mol. The normalized spacial score (nSPS) is 18.3. The van der Waals surface area contributed by atoms with E-state index in [1.165, 1.54) is 315 Å². The van der Waals surface area contributed by atoms with Crippen LogP contribution in [0.4, 0.5) is 0 Å². The highest BCUT2D eigenvalue weighted by atomic mass is 16.7. The number of aliphatic hydroxyl groups is 5. The fraction of sp³-hybridized carbons (Fsp3) is 0.932. The number of allylic oxidation sites excluding steroid dienone is 4. The Labute approximate surface area is 515 Å². The molecule has 0 aromatic carbocycles. The first-order chi connectivity index (χ1) is 40.8.